The molecule has 0 saturated carbocycles. The summed E-state index contributed by atoms with van der Waals surface area (Å²) in [5.41, 5.74) is 1.98. The van der Waals surface area contributed by atoms with Gasteiger partial charge in [0.1, 0.15) is 18.0 Å². The monoisotopic (exact) mass is 495 g/mol. The number of hydrogen-bond donors (Lipinski definition) is 1. The van der Waals surface area contributed by atoms with E-state index in [2.05, 4.69) is 10.2 Å². The van der Waals surface area contributed by atoms with Gasteiger partial charge in [-0.3, -0.25) is 9.10 Å². The smallest absolute Gasteiger partial charge is 0.264 e. The van der Waals surface area contributed by atoms with E-state index in [0.717, 1.165) is 23.1 Å². The Hall–Kier alpha value is -3.72. The van der Waals surface area contributed by atoms with Crippen molar-refractivity contribution in [2.45, 2.75) is 17.7 Å². The van der Waals surface area contributed by atoms with Gasteiger partial charge in [0.15, 0.2) is 0 Å². The summed E-state index contributed by atoms with van der Waals surface area (Å²) in [6, 6.07) is 20.3. The van der Waals surface area contributed by atoms with Gasteiger partial charge in [-0.05, 0) is 73.5 Å². The van der Waals surface area contributed by atoms with Gasteiger partial charge >= 0.3 is 0 Å². The fourth-order valence-corrected chi connectivity index (χ4v) is 5.50. The average molecular weight is 496 g/mol. The molecule has 3 aromatic rings. The molecular formula is C26H29N3O5S. The minimum absolute atomic E-state index is 0.0342. The Kier molecular flexibility index (Phi) is 7.45. The van der Waals surface area contributed by atoms with Crippen molar-refractivity contribution in [2.75, 3.05) is 48.4 Å². The van der Waals surface area contributed by atoms with E-state index < -0.39 is 22.5 Å². The summed E-state index contributed by atoms with van der Waals surface area (Å²) in [7, 11) is -1.12. The van der Waals surface area contributed by atoms with Crippen molar-refractivity contribution in [1.82, 2.24) is 0 Å². The second-order valence-corrected chi connectivity index (χ2v) is 10.0. The first-order chi connectivity index (χ1) is 16.9. The molecule has 1 amide bonds. The van der Waals surface area contributed by atoms with Crippen LogP contribution in [0.3, 0.4) is 0 Å². The largest absolute Gasteiger partial charge is 0.497 e. The summed E-state index contributed by atoms with van der Waals surface area (Å²) in [5, 5.41) is 2.81. The molecule has 1 heterocycles. The normalized spacial score (nSPS) is 13.4. The van der Waals surface area contributed by atoms with Gasteiger partial charge in [0.05, 0.1) is 24.8 Å². The maximum Gasteiger partial charge on any atom is 0.264 e. The second kappa shape index (κ2) is 10.7. The third-order valence-corrected chi connectivity index (χ3v) is 7.68. The van der Waals surface area contributed by atoms with E-state index in [9.17, 15) is 13.2 Å². The van der Waals surface area contributed by atoms with Gasteiger partial charge in [-0.25, -0.2) is 8.42 Å². The van der Waals surface area contributed by atoms with Crippen LogP contribution in [0.2, 0.25) is 0 Å². The van der Waals surface area contributed by atoms with E-state index in [1.807, 2.05) is 24.3 Å². The van der Waals surface area contributed by atoms with E-state index in [4.69, 9.17) is 9.47 Å². The predicted octanol–water partition coefficient (Wildman–Crippen LogP) is 4.14. The molecule has 0 bridgehead atoms. The number of hydrogen-bond acceptors (Lipinski definition) is 6. The van der Waals surface area contributed by atoms with Crippen LogP contribution in [0.5, 0.6) is 11.5 Å². The van der Waals surface area contributed by atoms with E-state index in [1.165, 1.54) is 39.2 Å². The van der Waals surface area contributed by atoms with Crippen LogP contribution in [-0.4, -0.2) is 48.2 Å². The minimum Gasteiger partial charge on any atom is -0.497 e. The molecule has 1 fully saturated rings. The number of nitrogens with zero attached hydrogens (tertiary/aromatic N) is 2. The summed E-state index contributed by atoms with van der Waals surface area (Å²) in [4.78, 5) is 15.4. The third kappa shape index (κ3) is 5.51. The highest BCUT2D eigenvalue weighted by molar-refractivity contribution is 7.92. The number of methoxy groups -OCH3 is 2. The first-order valence-corrected chi connectivity index (χ1v) is 12.8. The van der Waals surface area contributed by atoms with Crippen LogP contribution >= 0.6 is 0 Å². The van der Waals surface area contributed by atoms with Crippen LogP contribution in [0.4, 0.5) is 17.1 Å². The average Bonchev–Trinajstić information content (AvgIpc) is 3.43. The summed E-state index contributed by atoms with van der Waals surface area (Å²) in [5.74, 6) is 0.400. The van der Waals surface area contributed by atoms with Crippen molar-refractivity contribution in [3.05, 3.63) is 72.8 Å². The molecule has 184 valence electrons. The van der Waals surface area contributed by atoms with E-state index >= 15 is 0 Å². The zero-order chi connectivity index (χ0) is 24.8. The third-order valence-electron chi connectivity index (χ3n) is 5.91. The summed E-state index contributed by atoms with van der Waals surface area (Å²) >= 11 is 0. The lowest BCUT2D eigenvalue weighted by Crippen LogP contribution is -2.38. The van der Waals surface area contributed by atoms with Gasteiger partial charge in [0.25, 0.3) is 10.0 Å². The Labute approximate surface area is 206 Å². The summed E-state index contributed by atoms with van der Waals surface area (Å²) in [6.45, 7) is 1.63. The van der Waals surface area contributed by atoms with E-state index in [-0.39, 0.29) is 10.6 Å². The number of amides is 1. The molecule has 0 unspecified atom stereocenters. The number of rotatable bonds is 9. The lowest BCUT2D eigenvalue weighted by molar-refractivity contribution is -0.114. The van der Waals surface area contributed by atoms with Crippen molar-refractivity contribution in [3.63, 3.8) is 0 Å². The fourth-order valence-electron chi connectivity index (χ4n) is 4.07. The maximum absolute atomic E-state index is 13.6. The molecule has 1 aliphatic rings. The predicted molar refractivity (Wildman–Crippen MR) is 137 cm³/mol. The Morgan fingerprint density at radius 3 is 2.20 bits per heavy atom. The molecule has 0 spiro atoms. The van der Waals surface area contributed by atoms with Gasteiger partial charge in [-0.1, -0.05) is 12.1 Å². The molecule has 0 aromatic heterocycles. The lowest BCUT2D eigenvalue weighted by atomic mass is 10.2. The van der Waals surface area contributed by atoms with Crippen molar-refractivity contribution in [2.24, 2.45) is 0 Å². The number of benzene rings is 3. The zero-order valence-corrected chi connectivity index (χ0v) is 20.6. The molecule has 1 N–H and O–H groups in total. The Morgan fingerprint density at radius 1 is 0.914 bits per heavy atom. The van der Waals surface area contributed by atoms with Crippen molar-refractivity contribution < 1.29 is 22.7 Å². The molecule has 3 aromatic carbocycles. The standard InChI is InChI=1S/C26H29N3O5S/c1-33-22-13-15-23(16-14-22)35(31,32)29(24-7-3-4-8-25(24)34-2)19-26(30)27-20-9-11-21(12-10-20)28-17-5-6-18-28/h3-4,7-16H,5-6,17-19H2,1-2H3,(H,27,30). The number of sulfonamides is 1. The Morgan fingerprint density at radius 2 is 1.57 bits per heavy atom. The highest BCUT2D eigenvalue weighted by atomic mass is 32.2. The second-order valence-electron chi connectivity index (χ2n) is 8.15. The molecular weight excluding hydrogens is 466 g/mol. The van der Waals surface area contributed by atoms with Crippen LogP contribution in [-0.2, 0) is 14.8 Å². The van der Waals surface area contributed by atoms with Gasteiger partial charge in [-0.15, -0.1) is 0 Å². The number of anilines is 3. The SMILES string of the molecule is COc1ccc(S(=O)(=O)N(CC(=O)Nc2ccc(N3CCCC3)cc2)c2ccccc2OC)cc1. The Balaban J connectivity index is 1.59. The first-order valence-electron chi connectivity index (χ1n) is 11.4. The number of nitrogens with one attached hydrogen (secondary N) is 1. The molecule has 1 saturated heterocycles. The van der Waals surface area contributed by atoms with Crippen LogP contribution < -0.4 is 24.0 Å². The molecule has 0 atom stereocenters. The van der Waals surface area contributed by atoms with Crippen LogP contribution in [0.15, 0.2) is 77.7 Å². The van der Waals surface area contributed by atoms with Gasteiger partial charge in [0.2, 0.25) is 5.91 Å². The van der Waals surface area contributed by atoms with Crippen molar-refractivity contribution in [3.8, 4) is 11.5 Å². The molecule has 9 heteroatoms. The van der Waals surface area contributed by atoms with Gasteiger partial charge < -0.3 is 19.7 Å². The van der Waals surface area contributed by atoms with Gasteiger partial charge in [-0.2, -0.15) is 0 Å². The van der Waals surface area contributed by atoms with E-state index in [1.54, 1.807) is 36.4 Å². The molecule has 0 radical (unpaired) electrons. The highest BCUT2D eigenvalue weighted by Crippen LogP contribution is 2.32. The highest BCUT2D eigenvalue weighted by Gasteiger charge is 2.29. The van der Waals surface area contributed by atoms with Crippen molar-refractivity contribution >= 4 is 33.0 Å². The quantitative estimate of drug-likeness (QED) is 0.480. The molecule has 35 heavy (non-hydrogen) atoms. The number of ether oxygens (including phenoxy) is 2. The lowest BCUT2D eigenvalue weighted by Gasteiger charge is -2.25. The number of carbonyl (C=O) groups is 1. The van der Waals surface area contributed by atoms with Crippen LogP contribution in [0.1, 0.15) is 12.8 Å². The molecule has 4 rings (SSSR count). The maximum atomic E-state index is 13.6. The topological polar surface area (TPSA) is 88.2 Å². The Bertz CT molecular complexity index is 1250. The summed E-state index contributed by atoms with van der Waals surface area (Å²) < 4.78 is 38.8. The summed E-state index contributed by atoms with van der Waals surface area (Å²) in [6.07, 6.45) is 2.36. The van der Waals surface area contributed by atoms with Crippen LogP contribution in [0.25, 0.3) is 0 Å². The minimum atomic E-state index is -4.09. The fraction of sp³-hybridized carbons (Fsp3) is 0.269. The zero-order valence-electron chi connectivity index (χ0n) is 19.8. The van der Waals surface area contributed by atoms with Gasteiger partial charge in [0, 0.05) is 24.5 Å². The molecule has 8 nitrogen and oxygen atoms in total. The van der Waals surface area contributed by atoms with Crippen molar-refractivity contribution in [1.29, 1.82) is 0 Å². The van der Waals surface area contributed by atoms with E-state index in [0.29, 0.717) is 17.2 Å². The number of carbonyl (C=O) groups excluding carboxylic acids is 1. The number of para-hydroxylation sites is 2. The van der Waals surface area contributed by atoms with Crippen LogP contribution in [0, 0.1) is 0 Å². The molecule has 1 aliphatic heterocycles. The molecule has 0 aliphatic carbocycles. The first kappa shape index (κ1) is 24.4.